The molecule has 0 bridgehead atoms. The molecule has 2 heterocycles. The second-order valence-corrected chi connectivity index (χ2v) is 9.90. The van der Waals surface area contributed by atoms with Crippen molar-refractivity contribution in [2.45, 2.75) is 6.42 Å². The molecule has 0 aliphatic carbocycles. The molecule has 0 unspecified atom stereocenters. The van der Waals surface area contributed by atoms with Crippen LogP contribution in [0.3, 0.4) is 0 Å². The third-order valence-electron chi connectivity index (χ3n) is 7.33. The lowest BCUT2D eigenvalue weighted by Crippen LogP contribution is -2.01. The van der Waals surface area contributed by atoms with Crippen LogP contribution in [-0.4, -0.2) is 21.4 Å². The quantitative estimate of drug-likeness (QED) is 0.196. The number of hydrogen-bond acceptors (Lipinski definition) is 4. The number of fused-ring (bicyclic) bond motifs is 3. The van der Waals surface area contributed by atoms with Gasteiger partial charge >= 0.3 is 0 Å². The molecule has 7 rings (SSSR count). The van der Waals surface area contributed by atoms with Crippen LogP contribution in [0.2, 0.25) is 0 Å². The standard InChI is InChI=1S/C36H27N3O2/c1-2-25-14-16-26(17-15-25)22-23-40-30-9-7-8-28(24-30)36-38-37-35(41-36)27-18-20-29(21-19-27)39-33-12-5-3-10-31(33)32-11-4-6-13-34(32)39/h2-21,24H,1,22-23H2. The first-order valence-electron chi connectivity index (χ1n) is 13.6. The summed E-state index contributed by atoms with van der Waals surface area (Å²) in [6, 6.07) is 41.3. The van der Waals surface area contributed by atoms with Crippen molar-refractivity contribution in [3.63, 3.8) is 0 Å². The van der Waals surface area contributed by atoms with Gasteiger partial charge in [-0.1, -0.05) is 79.4 Å². The Kier molecular flexibility index (Phi) is 6.38. The average molecular weight is 534 g/mol. The summed E-state index contributed by atoms with van der Waals surface area (Å²) in [5, 5.41) is 11.1. The molecule has 0 atom stereocenters. The van der Waals surface area contributed by atoms with Crippen LogP contribution in [-0.2, 0) is 6.42 Å². The zero-order valence-corrected chi connectivity index (χ0v) is 22.4. The van der Waals surface area contributed by atoms with Crippen molar-refractivity contribution in [1.82, 2.24) is 14.8 Å². The summed E-state index contributed by atoms with van der Waals surface area (Å²) in [6.07, 6.45) is 2.66. The Bertz CT molecular complexity index is 1930. The first-order chi connectivity index (χ1) is 20.3. The minimum Gasteiger partial charge on any atom is -0.493 e. The zero-order valence-electron chi connectivity index (χ0n) is 22.4. The Morgan fingerprint density at radius 3 is 2.02 bits per heavy atom. The highest BCUT2D eigenvalue weighted by molar-refractivity contribution is 6.09. The van der Waals surface area contributed by atoms with E-state index >= 15 is 0 Å². The lowest BCUT2D eigenvalue weighted by Gasteiger charge is -2.08. The molecular formula is C36H27N3O2. The van der Waals surface area contributed by atoms with E-state index in [2.05, 4.69) is 106 Å². The molecule has 0 spiro atoms. The molecule has 2 aromatic heterocycles. The van der Waals surface area contributed by atoms with E-state index < -0.39 is 0 Å². The topological polar surface area (TPSA) is 53.1 Å². The van der Waals surface area contributed by atoms with Gasteiger partial charge in [-0.05, 0) is 65.7 Å². The van der Waals surface area contributed by atoms with Gasteiger partial charge in [0.05, 0.1) is 17.6 Å². The maximum atomic E-state index is 6.08. The molecule has 0 N–H and O–H groups in total. The van der Waals surface area contributed by atoms with E-state index in [-0.39, 0.29) is 0 Å². The van der Waals surface area contributed by atoms with Crippen molar-refractivity contribution < 1.29 is 9.15 Å². The molecule has 0 amide bonds. The number of ether oxygens (including phenoxy) is 1. The molecule has 5 aromatic carbocycles. The van der Waals surface area contributed by atoms with Gasteiger partial charge in [0.25, 0.3) is 0 Å². The van der Waals surface area contributed by atoms with Gasteiger partial charge in [-0.2, -0.15) is 0 Å². The normalized spacial score (nSPS) is 11.2. The van der Waals surface area contributed by atoms with Gasteiger partial charge < -0.3 is 13.7 Å². The summed E-state index contributed by atoms with van der Waals surface area (Å²) in [5.41, 5.74) is 7.44. The fourth-order valence-electron chi connectivity index (χ4n) is 5.24. The van der Waals surface area contributed by atoms with Crippen molar-refractivity contribution in [2.24, 2.45) is 0 Å². The zero-order chi connectivity index (χ0) is 27.6. The van der Waals surface area contributed by atoms with Gasteiger partial charge in [-0.25, -0.2) is 0 Å². The van der Waals surface area contributed by atoms with Crippen molar-refractivity contribution in [3.8, 4) is 34.3 Å². The Labute approximate surface area is 238 Å². The molecule has 5 heteroatoms. The molecule has 0 saturated heterocycles. The fraction of sp³-hybridized carbons (Fsp3) is 0.0556. The van der Waals surface area contributed by atoms with E-state index in [1.165, 1.54) is 27.4 Å². The summed E-state index contributed by atoms with van der Waals surface area (Å²) in [5.74, 6) is 1.69. The maximum Gasteiger partial charge on any atom is 0.248 e. The van der Waals surface area contributed by atoms with E-state index in [9.17, 15) is 0 Å². The minimum atomic E-state index is 0.455. The molecule has 0 fully saturated rings. The molecule has 41 heavy (non-hydrogen) atoms. The molecule has 7 aromatic rings. The van der Waals surface area contributed by atoms with Gasteiger partial charge in [-0.3, -0.25) is 0 Å². The van der Waals surface area contributed by atoms with Crippen LogP contribution in [0.1, 0.15) is 11.1 Å². The Morgan fingerprint density at radius 2 is 1.34 bits per heavy atom. The molecule has 0 radical (unpaired) electrons. The predicted octanol–water partition coefficient (Wildman–Crippen LogP) is 8.77. The van der Waals surface area contributed by atoms with Crippen LogP contribution < -0.4 is 4.74 Å². The van der Waals surface area contributed by atoms with Gasteiger partial charge in [0.1, 0.15) is 5.75 Å². The summed E-state index contributed by atoms with van der Waals surface area (Å²) in [4.78, 5) is 0. The Morgan fingerprint density at radius 1 is 0.683 bits per heavy atom. The van der Waals surface area contributed by atoms with E-state index in [1.807, 2.05) is 42.5 Å². The van der Waals surface area contributed by atoms with Crippen LogP contribution in [0.5, 0.6) is 5.75 Å². The van der Waals surface area contributed by atoms with Crippen molar-refractivity contribution in [2.75, 3.05) is 6.61 Å². The van der Waals surface area contributed by atoms with Crippen molar-refractivity contribution >= 4 is 27.9 Å². The van der Waals surface area contributed by atoms with Crippen LogP contribution in [0.25, 0.3) is 56.5 Å². The minimum absolute atomic E-state index is 0.455. The first-order valence-corrected chi connectivity index (χ1v) is 13.6. The lowest BCUT2D eigenvalue weighted by molar-refractivity contribution is 0.322. The second kappa shape index (κ2) is 10.6. The highest BCUT2D eigenvalue weighted by Crippen LogP contribution is 2.33. The number of nitrogens with zero attached hydrogens (tertiary/aromatic N) is 3. The number of para-hydroxylation sites is 2. The van der Waals surface area contributed by atoms with Gasteiger partial charge in [0.15, 0.2) is 0 Å². The van der Waals surface area contributed by atoms with E-state index in [0.717, 1.165) is 34.5 Å². The smallest absolute Gasteiger partial charge is 0.248 e. The van der Waals surface area contributed by atoms with Crippen LogP contribution in [0, 0.1) is 0 Å². The monoisotopic (exact) mass is 533 g/mol. The van der Waals surface area contributed by atoms with E-state index in [4.69, 9.17) is 9.15 Å². The highest BCUT2D eigenvalue weighted by atomic mass is 16.5. The van der Waals surface area contributed by atoms with Gasteiger partial charge in [0, 0.05) is 34.0 Å². The lowest BCUT2D eigenvalue weighted by atomic mass is 10.1. The number of rotatable bonds is 8. The fourth-order valence-corrected chi connectivity index (χ4v) is 5.24. The number of benzene rings is 5. The maximum absolute atomic E-state index is 6.08. The number of aromatic nitrogens is 3. The second-order valence-electron chi connectivity index (χ2n) is 9.90. The Balaban J connectivity index is 1.09. The van der Waals surface area contributed by atoms with Crippen LogP contribution >= 0.6 is 0 Å². The third kappa shape index (κ3) is 4.79. The van der Waals surface area contributed by atoms with Crippen molar-refractivity contribution in [1.29, 1.82) is 0 Å². The average Bonchev–Trinajstić information content (AvgIpc) is 3.66. The van der Waals surface area contributed by atoms with Gasteiger partial charge in [0.2, 0.25) is 11.8 Å². The third-order valence-corrected chi connectivity index (χ3v) is 7.33. The van der Waals surface area contributed by atoms with Crippen LogP contribution in [0.4, 0.5) is 0 Å². The summed E-state index contributed by atoms with van der Waals surface area (Å²) in [6.45, 7) is 4.38. The van der Waals surface area contributed by atoms with Crippen molar-refractivity contribution in [3.05, 3.63) is 139 Å². The van der Waals surface area contributed by atoms with E-state index in [0.29, 0.717) is 18.4 Å². The number of hydrogen-bond donors (Lipinski definition) is 0. The van der Waals surface area contributed by atoms with Crippen LogP contribution in [0.15, 0.2) is 132 Å². The molecule has 0 aliphatic rings. The largest absolute Gasteiger partial charge is 0.493 e. The Hall–Kier alpha value is -5.42. The van der Waals surface area contributed by atoms with Gasteiger partial charge in [-0.15, -0.1) is 10.2 Å². The first kappa shape index (κ1) is 24.6. The SMILES string of the molecule is C=Cc1ccc(CCOc2cccc(-c3nnc(-c4ccc(-n5c6ccccc6c6ccccc65)cc4)o3)c2)cc1. The molecular weight excluding hydrogens is 506 g/mol. The van der Waals surface area contributed by atoms with E-state index in [1.54, 1.807) is 0 Å². The summed E-state index contributed by atoms with van der Waals surface area (Å²) >= 11 is 0. The summed E-state index contributed by atoms with van der Waals surface area (Å²) in [7, 11) is 0. The summed E-state index contributed by atoms with van der Waals surface area (Å²) < 4.78 is 14.4. The molecule has 198 valence electrons. The highest BCUT2D eigenvalue weighted by Gasteiger charge is 2.14. The predicted molar refractivity (Wildman–Crippen MR) is 165 cm³/mol. The molecule has 5 nitrogen and oxygen atoms in total. The molecule has 0 saturated carbocycles. The molecule has 0 aliphatic heterocycles.